The highest BCUT2D eigenvalue weighted by Gasteiger charge is 2.51. The number of piperidine rings is 1. The molecule has 150 valence electrons. The standard InChI is InChI=1S/C23H31N3O2/c1-18(2)24-14-16-25(17-15-24)22(28)23-12-7-6-10-20(23)26(21(27)11-13-23)19-8-4-3-5-9-19/h3-5,8-10,18H,6-7,11-17H2,1-2H3. The lowest BCUT2D eigenvalue weighted by Gasteiger charge is -2.49. The summed E-state index contributed by atoms with van der Waals surface area (Å²) in [4.78, 5) is 33.0. The van der Waals surface area contributed by atoms with Crippen LogP contribution in [0, 0.1) is 5.41 Å². The molecule has 3 aliphatic rings. The van der Waals surface area contributed by atoms with Gasteiger partial charge in [0, 0.05) is 50.0 Å². The second-order valence-corrected chi connectivity index (χ2v) is 8.55. The average molecular weight is 382 g/mol. The van der Waals surface area contributed by atoms with Crippen LogP contribution in [-0.4, -0.2) is 53.8 Å². The number of fused-ring (bicyclic) bond motifs is 1. The van der Waals surface area contributed by atoms with Gasteiger partial charge >= 0.3 is 0 Å². The van der Waals surface area contributed by atoms with Gasteiger partial charge in [0.05, 0.1) is 5.41 Å². The summed E-state index contributed by atoms with van der Waals surface area (Å²) in [6, 6.07) is 10.3. The normalized spacial score (nSPS) is 26.2. The molecule has 2 fully saturated rings. The Morgan fingerprint density at radius 3 is 2.43 bits per heavy atom. The number of anilines is 1. The monoisotopic (exact) mass is 381 g/mol. The third kappa shape index (κ3) is 3.26. The van der Waals surface area contributed by atoms with Gasteiger partial charge in [0.25, 0.3) is 0 Å². The van der Waals surface area contributed by atoms with Crippen LogP contribution in [0.1, 0.15) is 46.0 Å². The van der Waals surface area contributed by atoms with E-state index in [0.29, 0.717) is 18.9 Å². The maximum Gasteiger partial charge on any atom is 0.234 e. The van der Waals surface area contributed by atoms with Crippen molar-refractivity contribution in [3.8, 4) is 0 Å². The SMILES string of the molecule is CC(C)N1CCN(C(=O)C23CCCC=C2N(c2ccccc2)C(=O)CC3)CC1. The van der Waals surface area contributed by atoms with E-state index in [2.05, 4.69) is 29.7 Å². The predicted molar refractivity (Wildman–Crippen MR) is 111 cm³/mol. The van der Waals surface area contributed by atoms with Gasteiger partial charge in [-0.3, -0.25) is 19.4 Å². The van der Waals surface area contributed by atoms with Crippen LogP contribution in [0.5, 0.6) is 0 Å². The minimum Gasteiger partial charge on any atom is -0.339 e. The largest absolute Gasteiger partial charge is 0.339 e. The Balaban J connectivity index is 1.63. The maximum atomic E-state index is 13.8. The van der Waals surface area contributed by atoms with Gasteiger partial charge in [0.1, 0.15) is 0 Å². The lowest BCUT2D eigenvalue weighted by Crippen LogP contribution is -2.58. The molecule has 1 unspecified atom stereocenters. The highest BCUT2D eigenvalue weighted by Crippen LogP contribution is 2.49. The summed E-state index contributed by atoms with van der Waals surface area (Å²) in [5.41, 5.74) is 1.27. The average Bonchev–Trinajstić information content (AvgIpc) is 2.74. The van der Waals surface area contributed by atoms with Gasteiger partial charge in [0.2, 0.25) is 11.8 Å². The van der Waals surface area contributed by atoms with E-state index in [0.717, 1.165) is 56.8 Å². The van der Waals surface area contributed by atoms with Crippen LogP contribution in [0.2, 0.25) is 0 Å². The molecule has 2 saturated heterocycles. The van der Waals surface area contributed by atoms with Crippen molar-refractivity contribution in [3.05, 3.63) is 42.1 Å². The number of piperazine rings is 1. The number of amides is 2. The third-order valence-electron chi connectivity index (χ3n) is 6.65. The molecule has 5 nitrogen and oxygen atoms in total. The van der Waals surface area contributed by atoms with Crippen molar-refractivity contribution in [2.75, 3.05) is 31.1 Å². The Morgan fingerprint density at radius 2 is 1.75 bits per heavy atom. The fraction of sp³-hybridized carbons (Fsp3) is 0.565. The van der Waals surface area contributed by atoms with E-state index in [9.17, 15) is 9.59 Å². The molecule has 0 bridgehead atoms. The number of rotatable bonds is 3. The summed E-state index contributed by atoms with van der Waals surface area (Å²) in [5.74, 6) is 0.336. The third-order valence-corrected chi connectivity index (χ3v) is 6.65. The lowest BCUT2D eigenvalue weighted by molar-refractivity contribution is -0.144. The Kier molecular flexibility index (Phi) is 5.28. The molecule has 4 rings (SSSR count). The van der Waals surface area contributed by atoms with E-state index < -0.39 is 5.41 Å². The zero-order valence-electron chi connectivity index (χ0n) is 17.1. The molecule has 1 aromatic rings. The van der Waals surface area contributed by atoms with Crippen molar-refractivity contribution in [2.45, 2.75) is 52.0 Å². The molecule has 0 radical (unpaired) electrons. The van der Waals surface area contributed by atoms with E-state index in [1.165, 1.54) is 0 Å². The first-order chi connectivity index (χ1) is 13.5. The highest BCUT2D eigenvalue weighted by atomic mass is 16.2. The number of allylic oxidation sites excluding steroid dienone is 1. The van der Waals surface area contributed by atoms with E-state index in [-0.39, 0.29) is 11.8 Å². The first-order valence-corrected chi connectivity index (χ1v) is 10.6. The van der Waals surface area contributed by atoms with Gasteiger partial charge in [0.15, 0.2) is 0 Å². The molecular formula is C23H31N3O2. The smallest absolute Gasteiger partial charge is 0.234 e. The van der Waals surface area contributed by atoms with Crippen LogP contribution in [-0.2, 0) is 9.59 Å². The van der Waals surface area contributed by atoms with Crippen LogP contribution in [0.3, 0.4) is 0 Å². The van der Waals surface area contributed by atoms with Crippen molar-refractivity contribution in [2.24, 2.45) is 5.41 Å². The van der Waals surface area contributed by atoms with E-state index in [1.54, 1.807) is 0 Å². The molecule has 28 heavy (non-hydrogen) atoms. The second kappa shape index (κ2) is 7.70. The summed E-state index contributed by atoms with van der Waals surface area (Å²) in [6.45, 7) is 7.85. The van der Waals surface area contributed by atoms with Gasteiger partial charge in [-0.2, -0.15) is 0 Å². The van der Waals surface area contributed by atoms with Crippen molar-refractivity contribution in [1.29, 1.82) is 0 Å². The van der Waals surface area contributed by atoms with Crippen LogP contribution in [0.25, 0.3) is 0 Å². The Bertz CT molecular complexity index is 765. The summed E-state index contributed by atoms with van der Waals surface area (Å²) < 4.78 is 0. The second-order valence-electron chi connectivity index (χ2n) is 8.55. The van der Waals surface area contributed by atoms with E-state index in [4.69, 9.17) is 0 Å². The summed E-state index contributed by atoms with van der Waals surface area (Å²) in [7, 11) is 0. The molecular weight excluding hydrogens is 350 g/mol. The van der Waals surface area contributed by atoms with Gasteiger partial charge in [-0.15, -0.1) is 0 Å². The number of hydrogen-bond donors (Lipinski definition) is 0. The highest BCUT2D eigenvalue weighted by molar-refractivity contribution is 6.02. The van der Waals surface area contributed by atoms with Crippen LogP contribution in [0.15, 0.2) is 42.1 Å². The lowest BCUT2D eigenvalue weighted by atomic mass is 9.68. The van der Waals surface area contributed by atoms with E-state index >= 15 is 0 Å². The molecule has 5 heteroatoms. The van der Waals surface area contributed by atoms with Crippen LogP contribution in [0.4, 0.5) is 5.69 Å². The number of carbonyl (C=O) groups is 2. The van der Waals surface area contributed by atoms with E-state index in [1.807, 2.05) is 35.2 Å². The Hall–Kier alpha value is -2.14. The molecule has 1 aromatic carbocycles. The molecule has 0 spiro atoms. The number of benzene rings is 1. The molecule has 0 N–H and O–H groups in total. The summed E-state index contributed by atoms with van der Waals surface area (Å²) in [6.07, 6.45) is 6.02. The summed E-state index contributed by atoms with van der Waals surface area (Å²) in [5, 5.41) is 0. The topological polar surface area (TPSA) is 43.9 Å². The van der Waals surface area contributed by atoms with Gasteiger partial charge in [-0.05, 0) is 51.7 Å². The number of carbonyl (C=O) groups excluding carboxylic acids is 2. The number of nitrogens with zero attached hydrogens (tertiary/aromatic N) is 3. The number of para-hydroxylation sites is 1. The first-order valence-electron chi connectivity index (χ1n) is 10.6. The van der Waals surface area contributed by atoms with Crippen molar-refractivity contribution in [1.82, 2.24) is 9.80 Å². The molecule has 2 heterocycles. The molecule has 1 aliphatic carbocycles. The molecule has 2 amide bonds. The van der Waals surface area contributed by atoms with Crippen molar-refractivity contribution >= 4 is 17.5 Å². The summed E-state index contributed by atoms with van der Waals surface area (Å²) >= 11 is 0. The van der Waals surface area contributed by atoms with Gasteiger partial charge in [-0.25, -0.2) is 0 Å². The van der Waals surface area contributed by atoms with Crippen molar-refractivity contribution < 1.29 is 9.59 Å². The Labute approximate surface area is 168 Å². The van der Waals surface area contributed by atoms with Crippen molar-refractivity contribution in [3.63, 3.8) is 0 Å². The molecule has 1 atom stereocenters. The van der Waals surface area contributed by atoms with Crippen LogP contribution >= 0.6 is 0 Å². The maximum absolute atomic E-state index is 13.8. The fourth-order valence-corrected chi connectivity index (χ4v) is 5.02. The number of hydrogen-bond acceptors (Lipinski definition) is 3. The zero-order chi connectivity index (χ0) is 19.7. The minimum absolute atomic E-state index is 0.104. The predicted octanol–water partition coefficient (Wildman–Crippen LogP) is 3.42. The fourth-order valence-electron chi connectivity index (χ4n) is 5.02. The quantitative estimate of drug-likeness (QED) is 0.806. The molecule has 0 aromatic heterocycles. The van der Waals surface area contributed by atoms with Gasteiger partial charge < -0.3 is 4.90 Å². The molecule has 0 saturated carbocycles. The zero-order valence-corrected chi connectivity index (χ0v) is 17.1. The van der Waals surface area contributed by atoms with Gasteiger partial charge in [-0.1, -0.05) is 24.3 Å². The van der Waals surface area contributed by atoms with Crippen LogP contribution < -0.4 is 4.90 Å². The Morgan fingerprint density at radius 1 is 1.04 bits per heavy atom. The first kappa shape index (κ1) is 19.2. The molecule has 2 aliphatic heterocycles. The minimum atomic E-state index is -0.540.